The molecule has 1 aliphatic carbocycles. The molecule has 0 heterocycles. The maximum atomic E-state index is 13.1. The lowest BCUT2D eigenvalue weighted by Crippen LogP contribution is -2.12. The van der Waals surface area contributed by atoms with Crippen LogP contribution in [-0.4, -0.2) is 16.4 Å². The Morgan fingerprint density at radius 1 is 0.900 bits per heavy atom. The number of para-hydroxylation sites is 2. The highest BCUT2D eigenvalue weighted by molar-refractivity contribution is 6.53. The monoisotopic (exact) mass is 446 g/mol. The molecule has 4 nitrogen and oxygen atoms in total. The van der Waals surface area contributed by atoms with Gasteiger partial charge in [-0.15, -0.1) is 0 Å². The van der Waals surface area contributed by atoms with Gasteiger partial charge in [0.25, 0.3) is 0 Å². The van der Waals surface area contributed by atoms with Gasteiger partial charge in [-0.1, -0.05) is 59.6 Å². The van der Waals surface area contributed by atoms with Crippen LogP contribution in [0.4, 0.5) is 4.39 Å². The Hall–Kier alpha value is -2.76. The van der Waals surface area contributed by atoms with Crippen molar-refractivity contribution in [3.05, 3.63) is 90.2 Å². The number of halogens is 3. The topological polar surface area (TPSA) is 44.8 Å². The van der Waals surface area contributed by atoms with Crippen molar-refractivity contribution in [2.45, 2.75) is 17.0 Å². The lowest BCUT2D eigenvalue weighted by atomic mass is 10.2. The third-order valence-electron chi connectivity index (χ3n) is 4.63. The highest BCUT2D eigenvalue weighted by Gasteiger charge is 2.71. The first-order valence-corrected chi connectivity index (χ1v) is 9.98. The van der Waals surface area contributed by atoms with Crippen molar-refractivity contribution in [2.24, 2.45) is 5.92 Å². The number of benzene rings is 3. The van der Waals surface area contributed by atoms with E-state index in [1.54, 1.807) is 36.4 Å². The van der Waals surface area contributed by atoms with Crippen LogP contribution in [0.3, 0.4) is 0 Å². The summed E-state index contributed by atoms with van der Waals surface area (Å²) in [5, 5.41) is 0. The van der Waals surface area contributed by atoms with Crippen LogP contribution in [0, 0.1) is 11.7 Å². The number of ether oxygens (including phenoxy) is 3. The molecule has 3 aromatic rings. The molecule has 4 rings (SSSR count). The minimum absolute atomic E-state index is 0.0331. The zero-order chi connectivity index (χ0) is 21.1. The van der Waals surface area contributed by atoms with Gasteiger partial charge in [0.2, 0.25) is 0 Å². The fourth-order valence-corrected chi connectivity index (χ4v) is 3.58. The van der Waals surface area contributed by atoms with Gasteiger partial charge < -0.3 is 14.2 Å². The zero-order valence-corrected chi connectivity index (χ0v) is 17.1. The van der Waals surface area contributed by atoms with Gasteiger partial charge in [0, 0.05) is 5.56 Å². The van der Waals surface area contributed by atoms with Crippen LogP contribution in [0.2, 0.25) is 0 Å². The number of hydrogen-bond donors (Lipinski definition) is 0. The van der Waals surface area contributed by atoms with Gasteiger partial charge in [-0.05, 0) is 42.5 Å². The molecule has 3 aromatic carbocycles. The smallest absolute Gasteiger partial charge is 0.316 e. The zero-order valence-electron chi connectivity index (χ0n) is 15.6. The quantitative estimate of drug-likeness (QED) is 0.334. The fraction of sp³-hybridized carbons (Fsp3) is 0.174. The van der Waals surface area contributed by atoms with E-state index in [0.717, 1.165) is 0 Å². The van der Waals surface area contributed by atoms with E-state index in [2.05, 4.69) is 0 Å². The Kier molecular flexibility index (Phi) is 5.84. The van der Waals surface area contributed by atoms with Gasteiger partial charge in [-0.2, -0.15) is 0 Å². The molecule has 1 aliphatic rings. The first kappa shape index (κ1) is 20.5. The van der Waals surface area contributed by atoms with Crippen LogP contribution >= 0.6 is 23.2 Å². The maximum Gasteiger partial charge on any atom is 0.316 e. The molecule has 0 bridgehead atoms. The number of carbonyl (C=O) groups is 1. The summed E-state index contributed by atoms with van der Waals surface area (Å²) in [5.74, 6) is -0.181. The predicted molar refractivity (Wildman–Crippen MR) is 111 cm³/mol. The number of carbonyl (C=O) groups excluding carboxylic acids is 1. The van der Waals surface area contributed by atoms with Gasteiger partial charge in [-0.3, -0.25) is 4.79 Å². The normalized spacial score (nSPS) is 19.0. The number of alkyl halides is 2. The van der Waals surface area contributed by atoms with Crippen molar-refractivity contribution in [1.29, 1.82) is 0 Å². The molecule has 0 aliphatic heterocycles. The van der Waals surface area contributed by atoms with Crippen molar-refractivity contribution in [3.8, 4) is 17.2 Å². The van der Waals surface area contributed by atoms with Gasteiger partial charge in [-0.25, -0.2) is 4.39 Å². The summed E-state index contributed by atoms with van der Waals surface area (Å²) in [6.07, 6.45) is -0.693. The molecular weight excluding hydrogens is 430 g/mol. The minimum atomic E-state index is -1.35. The molecule has 0 amide bonds. The molecule has 0 radical (unpaired) electrons. The Morgan fingerprint density at radius 3 is 2.30 bits per heavy atom. The molecule has 1 saturated carbocycles. The standard InChI is InChI=1S/C23H17Cl2FO4/c24-23(25)20(21(23)30-17-7-2-1-3-8-17)22(27)28-14-15-6-4-5-9-19(15)29-18-12-10-16(26)11-13-18/h1-13,20-21H,14H2. The van der Waals surface area contributed by atoms with E-state index in [9.17, 15) is 9.18 Å². The number of esters is 1. The Morgan fingerprint density at radius 2 is 1.57 bits per heavy atom. The van der Waals surface area contributed by atoms with Crippen LogP contribution in [0.5, 0.6) is 17.2 Å². The predicted octanol–water partition coefficient (Wildman–Crippen LogP) is 5.91. The Labute approximate surface area is 183 Å². The van der Waals surface area contributed by atoms with Crippen LogP contribution in [0.25, 0.3) is 0 Å². The first-order chi connectivity index (χ1) is 14.4. The lowest BCUT2D eigenvalue weighted by molar-refractivity contribution is -0.147. The van der Waals surface area contributed by atoms with Crippen molar-refractivity contribution in [1.82, 2.24) is 0 Å². The van der Waals surface area contributed by atoms with Gasteiger partial charge in [0.1, 0.15) is 41.7 Å². The van der Waals surface area contributed by atoms with Gasteiger partial charge in [0.05, 0.1) is 0 Å². The molecule has 154 valence electrons. The number of rotatable bonds is 7. The highest BCUT2D eigenvalue weighted by atomic mass is 35.5. The summed E-state index contributed by atoms with van der Waals surface area (Å²) in [6.45, 7) is -0.0331. The highest BCUT2D eigenvalue weighted by Crippen LogP contribution is 2.56. The molecule has 0 spiro atoms. The summed E-state index contributed by atoms with van der Waals surface area (Å²) in [6, 6.07) is 21.7. The molecule has 30 heavy (non-hydrogen) atoms. The first-order valence-electron chi connectivity index (χ1n) is 9.22. The second-order valence-electron chi connectivity index (χ2n) is 6.78. The van der Waals surface area contributed by atoms with Crippen molar-refractivity contribution in [3.63, 3.8) is 0 Å². The second-order valence-corrected chi connectivity index (χ2v) is 8.22. The van der Waals surface area contributed by atoms with Crippen LogP contribution in [0.1, 0.15) is 5.56 Å². The van der Waals surface area contributed by atoms with Crippen molar-refractivity contribution in [2.75, 3.05) is 0 Å². The van der Waals surface area contributed by atoms with E-state index in [1.807, 2.05) is 18.2 Å². The van der Waals surface area contributed by atoms with E-state index in [0.29, 0.717) is 22.8 Å². The second kappa shape index (κ2) is 8.54. The molecule has 2 unspecified atom stereocenters. The molecular formula is C23H17Cl2FO4. The third kappa shape index (κ3) is 4.53. The van der Waals surface area contributed by atoms with Gasteiger partial charge in [0.15, 0.2) is 4.33 Å². The molecule has 0 saturated heterocycles. The van der Waals surface area contributed by atoms with E-state index in [-0.39, 0.29) is 12.4 Å². The summed E-state index contributed by atoms with van der Waals surface area (Å²) in [5.41, 5.74) is 0.645. The van der Waals surface area contributed by atoms with Crippen LogP contribution < -0.4 is 9.47 Å². The van der Waals surface area contributed by atoms with E-state index in [4.69, 9.17) is 37.4 Å². The molecule has 0 N–H and O–H groups in total. The Bertz CT molecular complexity index is 1020. The molecule has 2 atom stereocenters. The largest absolute Gasteiger partial charge is 0.486 e. The molecule has 1 fully saturated rings. The SMILES string of the molecule is O=C(OCc1ccccc1Oc1ccc(F)cc1)C1C(Oc2ccccc2)C1(Cl)Cl. The maximum absolute atomic E-state index is 13.1. The summed E-state index contributed by atoms with van der Waals surface area (Å²) in [7, 11) is 0. The van der Waals surface area contributed by atoms with Crippen molar-refractivity contribution < 1.29 is 23.4 Å². The lowest BCUT2D eigenvalue weighted by Gasteiger charge is -2.11. The average Bonchev–Trinajstić information content (AvgIpc) is 3.29. The minimum Gasteiger partial charge on any atom is -0.486 e. The summed E-state index contributed by atoms with van der Waals surface area (Å²) >= 11 is 12.5. The van der Waals surface area contributed by atoms with Gasteiger partial charge >= 0.3 is 5.97 Å². The van der Waals surface area contributed by atoms with E-state index >= 15 is 0 Å². The summed E-state index contributed by atoms with van der Waals surface area (Å²) in [4.78, 5) is 12.5. The summed E-state index contributed by atoms with van der Waals surface area (Å²) < 4.78 is 28.7. The number of hydrogen-bond acceptors (Lipinski definition) is 4. The van der Waals surface area contributed by atoms with E-state index < -0.39 is 22.3 Å². The molecule has 0 aromatic heterocycles. The molecule has 7 heteroatoms. The van der Waals surface area contributed by atoms with Crippen LogP contribution in [0.15, 0.2) is 78.9 Å². The average molecular weight is 447 g/mol. The van der Waals surface area contributed by atoms with E-state index in [1.165, 1.54) is 24.3 Å². The van der Waals surface area contributed by atoms with Crippen LogP contribution in [-0.2, 0) is 16.1 Å². The Balaban J connectivity index is 1.39. The third-order valence-corrected chi connectivity index (χ3v) is 5.53. The van der Waals surface area contributed by atoms with Crippen molar-refractivity contribution >= 4 is 29.2 Å². The fourth-order valence-electron chi connectivity index (χ4n) is 2.96.